The maximum Gasteiger partial charge on any atom is 0.334 e. The molecule has 6 amide bonds. The van der Waals surface area contributed by atoms with Gasteiger partial charge in [0, 0.05) is 11.1 Å². The molecule has 0 saturated carbocycles. The van der Waals surface area contributed by atoms with E-state index in [1.54, 1.807) is 58.2 Å². The number of thiophene rings is 1. The number of rotatable bonds is 26. The summed E-state index contributed by atoms with van der Waals surface area (Å²) in [6, 6.07) is 6.65. The SMILES string of the molecule is CC[C@H](C)[C@H](NC(=O)C(Cc1csc2ccccc12)NC)C(=O)N[C@@H](CO)C(=O)N[C@H](CCC(N)=O)C(=O)N[C@@H](C(=O)N[C@H](C(=O)Oc1ccccc1C=O)[C@@H](C)CC)[C@@H](C)CC. The van der Waals surface area contributed by atoms with Crippen molar-refractivity contribution in [1.82, 2.24) is 31.9 Å². The first-order valence-corrected chi connectivity index (χ1v) is 22.2. The highest BCUT2D eigenvalue weighted by Gasteiger charge is 2.37. The summed E-state index contributed by atoms with van der Waals surface area (Å²) < 4.78 is 6.61. The molecule has 0 spiro atoms. The molecule has 344 valence electrons. The van der Waals surface area contributed by atoms with Crippen LogP contribution >= 0.6 is 11.3 Å². The number of hydrogen-bond acceptors (Lipinski definition) is 12. The Hall–Kier alpha value is -5.72. The summed E-state index contributed by atoms with van der Waals surface area (Å²) in [5.74, 6) is -6.72. The lowest BCUT2D eigenvalue weighted by atomic mass is 9.95. The third-order valence-electron chi connectivity index (χ3n) is 11.4. The number of carbonyl (C=O) groups is 8. The summed E-state index contributed by atoms with van der Waals surface area (Å²) in [4.78, 5) is 106. The number of carbonyl (C=O) groups excluding carboxylic acids is 8. The Morgan fingerprint density at radius 2 is 1.21 bits per heavy atom. The van der Waals surface area contributed by atoms with Gasteiger partial charge in [-0.25, -0.2) is 4.79 Å². The highest BCUT2D eigenvalue weighted by Crippen LogP contribution is 2.27. The first-order chi connectivity index (χ1) is 30.0. The minimum atomic E-state index is -1.59. The number of nitrogens with two attached hydrogens (primary N) is 1. The molecule has 1 aromatic heterocycles. The van der Waals surface area contributed by atoms with Crippen molar-refractivity contribution in [3.05, 3.63) is 65.0 Å². The minimum Gasteiger partial charge on any atom is -0.424 e. The molecule has 1 unspecified atom stereocenters. The van der Waals surface area contributed by atoms with Crippen LogP contribution in [0.5, 0.6) is 5.75 Å². The van der Waals surface area contributed by atoms with Gasteiger partial charge in [0.2, 0.25) is 35.4 Å². The van der Waals surface area contributed by atoms with Gasteiger partial charge < -0.3 is 47.5 Å². The Labute approximate surface area is 372 Å². The second-order valence-electron chi connectivity index (χ2n) is 15.8. The number of nitrogens with one attached hydrogen (secondary N) is 6. The van der Waals surface area contributed by atoms with Crippen molar-refractivity contribution in [3.8, 4) is 5.75 Å². The average molecular weight is 894 g/mol. The van der Waals surface area contributed by atoms with Crippen LogP contribution in [-0.4, -0.2) is 103 Å². The molecule has 0 aliphatic heterocycles. The van der Waals surface area contributed by atoms with E-state index in [0.29, 0.717) is 32.0 Å². The fourth-order valence-corrected chi connectivity index (χ4v) is 7.66. The number of aliphatic hydroxyl groups is 1. The van der Waals surface area contributed by atoms with Crippen molar-refractivity contribution >= 4 is 69.1 Å². The summed E-state index contributed by atoms with van der Waals surface area (Å²) in [6.07, 6.45) is 1.55. The van der Waals surface area contributed by atoms with Crippen molar-refractivity contribution < 1.29 is 48.2 Å². The number of ether oxygens (including phenoxy) is 1. The Morgan fingerprint density at radius 1 is 0.698 bits per heavy atom. The molecule has 1 heterocycles. The van der Waals surface area contributed by atoms with Gasteiger partial charge in [-0.05, 0) is 72.2 Å². The van der Waals surface area contributed by atoms with Gasteiger partial charge in [-0.3, -0.25) is 33.6 Å². The first-order valence-electron chi connectivity index (χ1n) is 21.3. The second kappa shape index (κ2) is 25.4. The normalized spacial score (nSPS) is 15.5. The van der Waals surface area contributed by atoms with Gasteiger partial charge in [0.15, 0.2) is 6.29 Å². The van der Waals surface area contributed by atoms with Gasteiger partial charge in [-0.1, -0.05) is 91.1 Å². The number of para-hydroxylation sites is 1. The van der Waals surface area contributed by atoms with E-state index < -0.39 is 102 Å². The predicted octanol–water partition coefficient (Wildman–Crippen LogP) is 2.27. The monoisotopic (exact) mass is 893 g/mol. The van der Waals surface area contributed by atoms with Crippen LogP contribution in [0.3, 0.4) is 0 Å². The van der Waals surface area contributed by atoms with Crippen molar-refractivity contribution in [3.63, 3.8) is 0 Å². The molecule has 0 saturated heterocycles. The molecule has 0 fully saturated rings. The molecule has 3 aromatic rings. The highest BCUT2D eigenvalue weighted by atomic mass is 32.1. The zero-order chi connectivity index (χ0) is 46.8. The van der Waals surface area contributed by atoms with E-state index in [4.69, 9.17) is 10.5 Å². The van der Waals surface area contributed by atoms with Crippen molar-refractivity contribution in [2.75, 3.05) is 13.7 Å². The number of fused-ring (bicyclic) bond motifs is 1. The molecule has 9 N–H and O–H groups in total. The van der Waals surface area contributed by atoms with Crippen molar-refractivity contribution in [2.24, 2.45) is 23.5 Å². The van der Waals surface area contributed by atoms with E-state index in [-0.39, 0.29) is 24.2 Å². The zero-order valence-electron chi connectivity index (χ0n) is 37.0. The van der Waals surface area contributed by atoms with Crippen molar-refractivity contribution in [1.29, 1.82) is 0 Å². The van der Waals surface area contributed by atoms with Crippen LogP contribution in [0.2, 0.25) is 0 Å². The lowest BCUT2D eigenvalue weighted by molar-refractivity contribution is -0.142. The highest BCUT2D eigenvalue weighted by molar-refractivity contribution is 7.17. The molecule has 17 nitrogen and oxygen atoms in total. The van der Waals surface area contributed by atoms with Crippen LogP contribution in [-0.2, 0) is 40.0 Å². The molecule has 63 heavy (non-hydrogen) atoms. The molecule has 0 aliphatic carbocycles. The molecule has 0 radical (unpaired) electrons. The summed E-state index contributed by atoms with van der Waals surface area (Å²) in [5.41, 5.74) is 6.50. The topological polar surface area (TPSA) is 264 Å². The van der Waals surface area contributed by atoms with Gasteiger partial charge >= 0.3 is 5.97 Å². The number of aliphatic hydroxyl groups excluding tert-OH is 1. The van der Waals surface area contributed by atoms with Crippen LogP contribution in [0, 0.1) is 17.8 Å². The van der Waals surface area contributed by atoms with Crippen LogP contribution in [0.15, 0.2) is 53.9 Å². The summed E-state index contributed by atoms with van der Waals surface area (Å²) in [6.45, 7) is 9.73. The smallest absolute Gasteiger partial charge is 0.334 e. The molecule has 2 aromatic carbocycles. The largest absolute Gasteiger partial charge is 0.424 e. The third-order valence-corrected chi connectivity index (χ3v) is 12.4. The summed E-state index contributed by atoms with van der Waals surface area (Å²) >= 11 is 1.56. The quantitative estimate of drug-likeness (QED) is 0.0329. The van der Waals surface area contributed by atoms with Crippen LogP contribution in [0.1, 0.15) is 89.6 Å². The molecule has 0 aliphatic rings. The molecule has 9 atom stereocenters. The fourth-order valence-electron chi connectivity index (χ4n) is 6.69. The van der Waals surface area contributed by atoms with Gasteiger partial charge in [0.05, 0.1) is 18.2 Å². The maximum atomic E-state index is 13.9. The van der Waals surface area contributed by atoms with Crippen molar-refractivity contribution in [2.45, 2.75) is 116 Å². The Bertz CT molecular complexity index is 2060. The maximum absolute atomic E-state index is 13.9. The van der Waals surface area contributed by atoms with E-state index >= 15 is 0 Å². The summed E-state index contributed by atoms with van der Waals surface area (Å²) in [7, 11) is 1.64. The Balaban J connectivity index is 1.78. The van der Waals surface area contributed by atoms with Crippen LogP contribution in [0.25, 0.3) is 10.1 Å². The number of esters is 1. The predicted molar refractivity (Wildman–Crippen MR) is 239 cm³/mol. The third kappa shape index (κ3) is 14.7. The van der Waals surface area contributed by atoms with E-state index in [1.165, 1.54) is 12.1 Å². The molecular formula is C45H63N7O10S. The fraction of sp³-hybridized carbons (Fsp3) is 0.511. The number of aldehydes is 1. The van der Waals surface area contributed by atoms with Gasteiger partial charge in [0.25, 0.3) is 0 Å². The minimum absolute atomic E-state index is 0.0125. The van der Waals surface area contributed by atoms with E-state index in [1.807, 2.05) is 43.5 Å². The van der Waals surface area contributed by atoms with E-state index in [9.17, 15) is 43.5 Å². The molecule has 0 bridgehead atoms. The standard InChI is InChI=1S/C45H63N7O10S/c1-8-25(4)37(51-41(57)32(47-7)21-29-24-63-35-18-14-12-16-30(29)35)43(59)49-33(23-54)42(58)48-31(19-20-36(46)55)40(56)50-38(26(5)9-2)44(60)52-39(27(6)10-3)45(61)62-34-17-13-11-15-28(34)22-53/h11-18,22,24-27,31-33,37-39,47,54H,8-10,19-21,23H2,1-7H3,(H2,46,55)(H,48,58)(H,49,59)(H,50,56)(H,51,57)(H,52,60)/t25-,26-,27-,31+,32?,33-,37-,38+,39-/m0/s1. The van der Waals surface area contributed by atoms with Crippen LogP contribution < -0.4 is 42.4 Å². The lowest BCUT2D eigenvalue weighted by Gasteiger charge is -2.30. The van der Waals surface area contributed by atoms with Gasteiger partial charge in [-0.2, -0.15) is 0 Å². The van der Waals surface area contributed by atoms with Crippen LogP contribution in [0.4, 0.5) is 0 Å². The number of primary amides is 1. The zero-order valence-corrected chi connectivity index (χ0v) is 37.8. The Morgan fingerprint density at radius 3 is 1.78 bits per heavy atom. The number of hydrogen-bond donors (Lipinski definition) is 8. The number of benzene rings is 2. The van der Waals surface area contributed by atoms with E-state index in [0.717, 1.165) is 15.6 Å². The summed E-state index contributed by atoms with van der Waals surface area (Å²) in [5, 5.41) is 29.5. The Kier molecular flexibility index (Phi) is 20.8. The van der Waals surface area contributed by atoms with Gasteiger partial charge in [-0.15, -0.1) is 11.3 Å². The number of amides is 6. The lowest BCUT2D eigenvalue weighted by Crippen LogP contribution is -2.61. The molecular weight excluding hydrogens is 831 g/mol. The van der Waals surface area contributed by atoms with E-state index in [2.05, 4.69) is 31.9 Å². The average Bonchev–Trinajstić information content (AvgIpc) is 3.69. The number of likely N-dealkylation sites (N-methyl/N-ethyl adjacent to an activating group) is 1. The second-order valence-corrected chi connectivity index (χ2v) is 16.7. The molecule has 3 rings (SSSR count). The molecule has 18 heteroatoms. The first kappa shape index (κ1) is 51.6. The van der Waals surface area contributed by atoms with Gasteiger partial charge in [0.1, 0.15) is 36.0 Å².